The van der Waals surface area contributed by atoms with Gasteiger partial charge in [-0.1, -0.05) is 12.1 Å². The van der Waals surface area contributed by atoms with E-state index in [-0.39, 0.29) is 0 Å². The van der Waals surface area contributed by atoms with E-state index in [1.54, 1.807) is 0 Å². The third kappa shape index (κ3) is 2.47. The minimum atomic E-state index is 0.958. The fourth-order valence-corrected chi connectivity index (χ4v) is 2.52. The number of rotatable bonds is 4. The minimum Gasteiger partial charge on any atom is -0.398 e. The second-order valence-corrected chi connectivity index (χ2v) is 5.03. The van der Waals surface area contributed by atoms with E-state index in [0.29, 0.717) is 0 Å². The zero-order valence-corrected chi connectivity index (χ0v) is 10.0. The number of anilines is 1. The van der Waals surface area contributed by atoms with Gasteiger partial charge in [0.25, 0.3) is 0 Å². The van der Waals surface area contributed by atoms with Crippen LogP contribution >= 0.6 is 11.8 Å². The third-order valence-corrected chi connectivity index (χ3v) is 3.60. The summed E-state index contributed by atoms with van der Waals surface area (Å²) in [6.07, 6.45) is 3.44. The van der Waals surface area contributed by atoms with Crippen LogP contribution in [0.25, 0.3) is 0 Å². The highest BCUT2D eigenvalue weighted by atomic mass is 32.2. The molecule has 0 atom stereocenters. The summed E-state index contributed by atoms with van der Waals surface area (Å²) < 4.78 is 0. The fraction of sp³-hybridized carbons (Fsp3) is 0.500. The summed E-state index contributed by atoms with van der Waals surface area (Å²) in [5.74, 6) is 1.25. The monoisotopic (exact) mass is 222 g/mol. The Hall–Kier alpha value is -0.670. The molecule has 0 bridgehead atoms. The molecule has 2 N–H and O–H groups in total. The lowest BCUT2D eigenvalue weighted by atomic mass is 10.1. The van der Waals surface area contributed by atoms with Crippen LogP contribution in [-0.4, -0.2) is 23.5 Å². The molecule has 0 spiro atoms. The molecule has 0 aliphatic carbocycles. The SMILES string of the molecule is CSCCCN1Cc2cccc(N)c2C1. The molecule has 0 saturated heterocycles. The highest BCUT2D eigenvalue weighted by Crippen LogP contribution is 2.27. The van der Waals surface area contributed by atoms with Gasteiger partial charge in [-0.3, -0.25) is 4.90 Å². The van der Waals surface area contributed by atoms with Crippen molar-refractivity contribution < 1.29 is 0 Å². The van der Waals surface area contributed by atoms with Crippen LogP contribution in [0.2, 0.25) is 0 Å². The molecular weight excluding hydrogens is 204 g/mol. The standard InChI is InChI=1S/C12H18N2S/c1-15-7-3-6-14-8-10-4-2-5-12(13)11(10)9-14/h2,4-5H,3,6-9,13H2,1H3. The van der Waals surface area contributed by atoms with Gasteiger partial charge in [0.05, 0.1) is 0 Å². The zero-order chi connectivity index (χ0) is 10.7. The predicted molar refractivity (Wildman–Crippen MR) is 68.0 cm³/mol. The summed E-state index contributed by atoms with van der Waals surface area (Å²) in [4.78, 5) is 2.48. The van der Waals surface area contributed by atoms with E-state index in [0.717, 1.165) is 18.8 Å². The van der Waals surface area contributed by atoms with Crippen LogP contribution in [0.15, 0.2) is 18.2 Å². The summed E-state index contributed by atoms with van der Waals surface area (Å²) in [5.41, 5.74) is 9.68. The van der Waals surface area contributed by atoms with Gasteiger partial charge in [-0.25, -0.2) is 0 Å². The number of hydrogen-bond donors (Lipinski definition) is 1. The molecule has 0 aromatic heterocycles. The Morgan fingerprint density at radius 3 is 3.00 bits per heavy atom. The lowest BCUT2D eigenvalue weighted by molar-refractivity contribution is 0.286. The molecule has 82 valence electrons. The van der Waals surface area contributed by atoms with Gasteiger partial charge in [0.15, 0.2) is 0 Å². The van der Waals surface area contributed by atoms with Crippen molar-refractivity contribution in [3.05, 3.63) is 29.3 Å². The number of thioether (sulfide) groups is 1. The summed E-state index contributed by atoms with van der Waals surface area (Å²) in [5, 5.41) is 0. The number of nitrogens with two attached hydrogens (primary N) is 1. The molecule has 2 nitrogen and oxygen atoms in total. The predicted octanol–water partition coefficient (Wildman–Crippen LogP) is 2.34. The van der Waals surface area contributed by atoms with Crippen molar-refractivity contribution in [3.63, 3.8) is 0 Å². The van der Waals surface area contributed by atoms with Gasteiger partial charge in [0.2, 0.25) is 0 Å². The second-order valence-electron chi connectivity index (χ2n) is 4.04. The smallest absolute Gasteiger partial charge is 0.0363 e. The quantitative estimate of drug-likeness (QED) is 0.626. The van der Waals surface area contributed by atoms with E-state index < -0.39 is 0 Å². The molecule has 0 saturated carbocycles. The first-order valence-electron chi connectivity index (χ1n) is 5.39. The van der Waals surface area contributed by atoms with Crippen molar-refractivity contribution in [2.75, 3.05) is 24.3 Å². The maximum absolute atomic E-state index is 5.96. The number of fused-ring (bicyclic) bond motifs is 1. The Morgan fingerprint density at radius 1 is 1.40 bits per heavy atom. The average Bonchev–Trinajstić information content (AvgIpc) is 2.63. The van der Waals surface area contributed by atoms with Gasteiger partial charge < -0.3 is 5.73 Å². The number of nitrogens with zero attached hydrogens (tertiary/aromatic N) is 1. The van der Waals surface area contributed by atoms with Crippen molar-refractivity contribution in [2.24, 2.45) is 0 Å². The minimum absolute atomic E-state index is 0.958. The first-order valence-corrected chi connectivity index (χ1v) is 6.78. The highest BCUT2D eigenvalue weighted by Gasteiger charge is 2.19. The van der Waals surface area contributed by atoms with Crippen molar-refractivity contribution in [2.45, 2.75) is 19.5 Å². The summed E-state index contributed by atoms with van der Waals surface area (Å²) >= 11 is 1.92. The lowest BCUT2D eigenvalue weighted by Crippen LogP contribution is -2.18. The molecule has 1 aliphatic rings. The second kappa shape index (κ2) is 4.90. The Kier molecular flexibility index (Phi) is 3.54. The van der Waals surface area contributed by atoms with Gasteiger partial charge in [0, 0.05) is 18.8 Å². The summed E-state index contributed by atoms with van der Waals surface area (Å²) in [6.45, 7) is 3.31. The van der Waals surface area contributed by atoms with Crippen molar-refractivity contribution in [3.8, 4) is 0 Å². The van der Waals surface area contributed by atoms with Gasteiger partial charge >= 0.3 is 0 Å². The zero-order valence-electron chi connectivity index (χ0n) is 9.20. The first kappa shape index (κ1) is 10.8. The number of hydrogen-bond acceptors (Lipinski definition) is 3. The van der Waals surface area contributed by atoms with Crippen LogP contribution in [-0.2, 0) is 13.1 Å². The maximum atomic E-state index is 5.96. The van der Waals surface area contributed by atoms with Crippen molar-refractivity contribution >= 4 is 17.4 Å². The number of benzene rings is 1. The van der Waals surface area contributed by atoms with Crippen LogP contribution in [0.3, 0.4) is 0 Å². The van der Waals surface area contributed by atoms with Crippen molar-refractivity contribution in [1.82, 2.24) is 4.90 Å². The van der Waals surface area contributed by atoms with E-state index >= 15 is 0 Å². The molecule has 2 rings (SSSR count). The molecule has 1 aromatic carbocycles. The highest BCUT2D eigenvalue weighted by molar-refractivity contribution is 7.98. The summed E-state index contributed by atoms with van der Waals surface area (Å²) in [7, 11) is 0. The van der Waals surface area contributed by atoms with Gasteiger partial charge in [0.1, 0.15) is 0 Å². The van der Waals surface area contributed by atoms with E-state index in [4.69, 9.17) is 5.73 Å². The topological polar surface area (TPSA) is 29.3 Å². The largest absolute Gasteiger partial charge is 0.398 e. The van der Waals surface area contributed by atoms with Gasteiger partial charge in [-0.2, -0.15) is 11.8 Å². The normalized spacial score (nSPS) is 15.5. The molecule has 1 aromatic rings. The van der Waals surface area contributed by atoms with Crippen LogP contribution in [0.4, 0.5) is 5.69 Å². The molecule has 0 radical (unpaired) electrons. The third-order valence-electron chi connectivity index (χ3n) is 2.91. The van der Waals surface area contributed by atoms with E-state index in [1.807, 2.05) is 17.8 Å². The Labute approximate surface area is 95.8 Å². The lowest BCUT2D eigenvalue weighted by Gasteiger charge is -2.13. The molecule has 0 fully saturated rings. The molecule has 1 heterocycles. The van der Waals surface area contributed by atoms with E-state index in [2.05, 4.69) is 23.3 Å². The van der Waals surface area contributed by atoms with E-state index in [9.17, 15) is 0 Å². The Bertz CT molecular complexity index is 338. The van der Waals surface area contributed by atoms with Crippen LogP contribution in [0.5, 0.6) is 0 Å². The molecule has 1 aliphatic heterocycles. The molecule has 15 heavy (non-hydrogen) atoms. The molecule has 0 amide bonds. The Morgan fingerprint density at radius 2 is 2.27 bits per heavy atom. The van der Waals surface area contributed by atoms with Crippen LogP contribution in [0.1, 0.15) is 17.5 Å². The average molecular weight is 222 g/mol. The van der Waals surface area contributed by atoms with Crippen LogP contribution < -0.4 is 5.73 Å². The maximum Gasteiger partial charge on any atom is 0.0363 e. The van der Waals surface area contributed by atoms with Crippen molar-refractivity contribution in [1.29, 1.82) is 0 Å². The molecule has 0 unspecified atom stereocenters. The molecule has 3 heteroatoms. The van der Waals surface area contributed by atoms with Gasteiger partial charge in [-0.15, -0.1) is 0 Å². The van der Waals surface area contributed by atoms with E-state index in [1.165, 1.54) is 29.8 Å². The number of nitrogen functional groups attached to an aromatic ring is 1. The first-order chi connectivity index (χ1) is 7.31. The summed E-state index contributed by atoms with van der Waals surface area (Å²) in [6, 6.07) is 6.25. The van der Waals surface area contributed by atoms with Crippen LogP contribution in [0, 0.1) is 0 Å². The Balaban J connectivity index is 1.94. The van der Waals surface area contributed by atoms with Gasteiger partial charge in [-0.05, 0) is 42.2 Å². The fourth-order valence-electron chi connectivity index (χ4n) is 2.11. The molecular formula is C12H18N2S.